The van der Waals surface area contributed by atoms with Crippen LogP contribution in [0.3, 0.4) is 0 Å². The van der Waals surface area contributed by atoms with Crippen LogP contribution in [-0.2, 0) is 16.2 Å². The van der Waals surface area contributed by atoms with E-state index in [9.17, 15) is 21.6 Å². The van der Waals surface area contributed by atoms with Crippen molar-refractivity contribution in [2.75, 3.05) is 50.4 Å². The number of pyridine rings is 1. The van der Waals surface area contributed by atoms with E-state index in [0.717, 1.165) is 44.8 Å². The quantitative estimate of drug-likeness (QED) is 0.597. The van der Waals surface area contributed by atoms with E-state index in [1.54, 1.807) is 12.1 Å². The lowest BCUT2D eigenvalue weighted by atomic mass is 9.91. The number of nitrogens with zero attached hydrogens (tertiary/aromatic N) is 3. The van der Waals surface area contributed by atoms with E-state index in [1.165, 1.54) is 12.3 Å². The third-order valence-corrected chi connectivity index (χ3v) is 8.86. The molecule has 1 aromatic carbocycles. The number of aromatic nitrogens is 1. The van der Waals surface area contributed by atoms with E-state index in [0.29, 0.717) is 36.6 Å². The monoisotopic (exact) mass is 512 g/mol. The van der Waals surface area contributed by atoms with Crippen LogP contribution in [0.15, 0.2) is 30.5 Å². The molecule has 2 aliphatic rings. The van der Waals surface area contributed by atoms with E-state index < -0.39 is 21.8 Å². The van der Waals surface area contributed by atoms with Crippen LogP contribution in [0.5, 0.6) is 0 Å². The van der Waals surface area contributed by atoms with Crippen LogP contribution in [0, 0.1) is 17.8 Å². The van der Waals surface area contributed by atoms with Crippen molar-refractivity contribution in [3.63, 3.8) is 0 Å². The van der Waals surface area contributed by atoms with E-state index in [-0.39, 0.29) is 23.1 Å². The average molecular weight is 513 g/mol. The lowest BCUT2D eigenvalue weighted by Crippen LogP contribution is -2.44. The third-order valence-electron chi connectivity index (χ3n) is 7.31. The van der Waals surface area contributed by atoms with Crippen molar-refractivity contribution in [1.82, 2.24) is 14.6 Å². The number of alkyl halides is 3. The zero-order valence-electron chi connectivity index (χ0n) is 20.4. The Hall–Kier alpha value is -1.91. The molecular weight excluding hydrogens is 477 g/mol. The molecule has 2 saturated heterocycles. The number of benzene rings is 1. The van der Waals surface area contributed by atoms with Crippen LogP contribution in [0.2, 0.25) is 0 Å². The molecule has 35 heavy (non-hydrogen) atoms. The van der Waals surface area contributed by atoms with Gasteiger partial charge in [0.25, 0.3) is 0 Å². The Balaban J connectivity index is 1.43. The first-order valence-corrected chi connectivity index (χ1v) is 14.0. The lowest BCUT2D eigenvalue weighted by Gasteiger charge is -2.38. The summed E-state index contributed by atoms with van der Waals surface area (Å²) in [4.78, 5) is 8.34. The van der Waals surface area contributed by atoms with Crippen LogP contribution in [0.1, 0.15) is 38.2 Å². The zero-order chi connectivity index (χ0) is 25.2. The molecule has 0 bridgehead atoms. The first-order chi connectivity index (χ1) is 16.5. The van der Waals surface area contributed by atoms with E-state index in [2.05, 4.69) is 28.6 Å². The Morgan fingerprint density at radius 3 is 2.57 bits per heavy atom. The molecule has 3 heterocycles. The molecule has 6 nitrogen and oxygen atoms in total. The Morgan fingerprint density at radius 1 is 1.11 bits per heavy atom. The van der Waals surface area contributed by atoms with E-state index in [4.69, 9.17) is 0 Å². The number of fused-ring (bicyclic) bond motifs is 1. The molecule has 194 valence electrons. The van der Waals surface area contributed by atoms with Crippen LogP contribution >= 0.6 is 0 Å². The van der Waals surface area contributed by atoms with Gasteiger partial charge in [-0.15, -0.1) is 0 Å². The summed E-state index contributed by atoms with van der Waals surface area (Å²) in [5, 5.41) is 0.439. The van der Waals surface area contributed by atoms with Crippen LogP contribution in [0.4, 0.5) is 18.9 Å². The number of sulfonamides is 1. The van der Waals surface area contributed by atoms with Crippen molar-refractivity contribution < 1.29 is 21.6 Å². The largest absolute Gasteiger partial charge is 0.418 e. The molecule has 0 amide bonds. The van der Waals surface area contributed by atoms with Crippen LogP contribution < -0.4 is 9.62 Å². The van der Waals surface area contributed by atoms with Crippen molar-refractivity contribution in [1.29, 1.82) is 0 Å². The highest BCUT2D eigenvalue weighted by molar-refractivity contribution is 7.89. The van der Waals surface area contributed by atoms with Gasteiger partial charge in [-0.2, -0.15) is 13.2 Å². The van der Waals surface area contributed by atoms with Gasteiger partial charge in [0.05, 0.1) is 16.8 Å². The first kappa shape index (κ1) is 26.2. The van der Waals surface area contributed by atoms with Gasteiger partial charge in [0.2, 0.25) is 10.0 Å². The molecule has 1 N–H and O–H groups in total. The molecule has 2 atom stereocenters. The lowest BCUT2D eigenvalue weighted by molar-refractivity contribution is -0.136. The highest BCUT2D eigenvalue weighted by Crippen LogP contribution is 2.39. The number of halogens is 3. The van der Waals surface area contributed by atoms with Gasteiger partial charge in [-0.05, 0) is 87.8 Å². The zero-order valence-corrected chi connectivity index (χ0v) is 21.2. The predicted molar refractivity (Wildman–Crippen MR) is 133 cm³/mol. The second-order valence-corrected chi connectivity index (χ2v) is 12.2. The van der Waals surface area contributed by atoms with Crippen molar-refractivity contribution in [2.45, 2.75) is 38.8 Å². The maximum absolute atomic E-state index is 13.5. The Bertz CT molecular complexity index is 1120. The fourth-order valence-electron chi connectivity index (χ4n) is 5.60. The molecule has 0 unspecified atom stereocenters. The van der Waals surface area contributed by atoms with E-state index in [1.807, 2.05) is 4.90 Å². The molecule has 1 aromatic heterocycles. The van der Waals surface area contributed by atoms with Gasteiger partial charge in [-0.3, -0.25) is 4.98 Å². The Kier molecular flexibility index (Phi) is 7.92. The molecular formula is C25H35F3N4O2S. The molecule has 2 aromatic rings. The molecule has 0 aliphatic carbocycles. The predicted octanol–water partition coefficient (Wildman–Crippen LogP) is 4.37. The van der Waals surface area contributed by atoms with Crippen molar-refractivity contribution in [2.24, 2.45) is 17.8 Å². The minimum atomic E-state index is -4.49. The third kappa shape index (κ3) is 6.65. The summed E-state index contributed by atoms with van der Waals surface area (Å²) in [5.74, 6) is 0.698. The average Bonchev–Trinajstić information content (AvgIpc) is 2.78. The maximum atomic E-state index is 13.5. The maximum Gasteiger partial charge on any atom is 0.418 e. The Morgan fingerprint density at radius 2 is 1.86 bits per heavy atom. The number of nitrogens with one attached hydrogen (secondary N) is 1. The number of hydrogen-bond acceptors (Lipinski definition) is 5. The van der Waals surface area contributed by atoms with Crippen molar-refractivity contribution in [3.05, 3.63) is 36.0 Å². The fraction of sp³-hybridized carbons (Fsp3) is 0.640. The van der Waals surface area contributed by atoms with Gasteiger partial charge in [0.15, 0.2) is 0 Å². The minimum absolute atomic E-state index is 0.0259. The van der Waals surface area contributed by atoms with E-state index >= 15 is 0 Å². The second kappa shape index (κ2) is 10.6. The summed E-state index contributed by atoms with van der Waals surface area (Å²) >= 11 is 0. The highest BCUT2D eigenvalue weighted by Gasteiger charge is 2.35. The highest BCUT2D eigenvalue weighted by atomic mass is 32.2. The van der Waals surface area contributed by atoms with Crippen molar-refractivity contribution in [3.8, 4) is 0 Å². The van der Waals surface area contributed by atoms with Gasteiger partial charge in [-0.1, -0.05) is 6.92 Å². The Labute approximate surface area is 205 Å². The SMILES string of the molecule is C[C@H]1C[C@@H](CS(=O)(=O)NCCC2CCN(C)CC2)CN(c2ccc(C(F)(F)F)c3ncccc23)C1. The van der Waals surface area contributed by atoms with Crippen molar-refractivity contribution >= 4 is 26.6 Å². The number of likely N-dealkylation sites (tertiary alicyclic amines) is 1. The fourth-order valence-corrected chi connectivity index (χ4v) is 7.01. The topological polar surface area (TPSA) is 65.5 Å². The molecule has 0 radical (unpaired) electrons. The summed E-state index contributed by atoms with van der Waals surface area (Å²) in [6.45, 7) is 5.77. The standard InChI is InChI=1S/C25H35F3N4O2S/c1-18-14-20(17-35(33,34)30-11-7-19-8-12-31(2)13-9-19)16-32(15-18)23-6-5-22(25(26,27)28)24-21(23)4-3-10-29-24/h3-6,10,18-20,30H,7-9,11-17H2,1-2H3/t18-,20+/m0/s1. The van der Waals surface area contributed by atoms with Gasteiger partial charge in [0, 0.05) is 36.9 Å². The number of rotatable bonds is 7. The number of anilines is 1. The number of hydrogen-bond donors (Lipinski definition) is 1. The summed E-state index contributed by atoms with van der Waals surface area (Å²) in [5.41, 5.74) is -0.157. The van der Waals surface area contributed by atoms with Gasteiger partial charge in [-0.25, -0.2) is 13.1 Å². The summed E-state index contributed by atoms with van der Waals surface area (Å²) in [6.07, 6.45) is 0.698. The van der Waals surface area contributed by atoms with Gasteiger partial charge < -0.3 is 9.80 Å². The van der Waals surface area contributed by atoms with Gasteiger partial charge >= 0.3 is 6.18 Å². The summed E-state index contributed by atoms with van der Waals surface area (Å²) in [7, 11) is -1.33. The smallest absolute Gasteiger partial charge is 0.370 e. The molecule has 2 aliphatic heterocycles. The summed E-state index contributed by atoms with van der Waals surface area (Å²) in [6, 6.07) is 5.87. The number of piperidine rings is 2. The molecule has 0 spiro atoms. The second-order valence-electron chi connectivity index (χ2n) is 10.4. The minimum Gasteiger partial charge on any atom is -0.370 e. The van der Waals surface area contributed by atoms with Crippen LogP contribution in [0.25, 0.3) is 10.9 Å². The van der Waals surface area contributed by atoms with Crippen LogP contribution in [-0.4, -0.2) is 63.8 Å². The normalized spacial score (nSPS) is 23.2. The molecule has 4 rings (SSSR count). The van der Waals surface area contributed by atoms with Gasteiger partial charge in [0.1, 0.15) is 0 Å². The molecule has 2 fully saturated rings. The molecule has 10 heteroatoms. The summed E-state index contributed by atoms with van der Waals surface area (Å²) < 4.78 is 69.0. The first-order valence-electron chi connectivity index (χ1n) is 12.4. The molecule has 0 saturated carbocycles.